The number of rotatable bonds is 3. The Bertz CT molecular complexity index is 826. The molecule has 130 valence electrons. The summed E-state index contributed by atoms with van der Waals surface area (Å²) in [7, 11) is 0. The van der Waals surface area contributed by atoms with Crippen LogP contribution < -0.4 is 15.6 Å². The van der Waals surface area contributed by atoms with E-state index in [-0.39, 0.29) is 18.0 Å². The predicted octanol–water partition coefficient (Wildman–Crippen LogP) is 1.86. The number of piperazine rings is 1. The van der Waals surface area contributed by atoms with Gasteiger partial charge in [-0.05, 0) is 31.5 Å². The van der Waals surface area contributed by atoms with Crippen LogP contribution in [0.15, 0.2) is 23.1 Å². The molecule has 2 N–H and O–H groups in total. The fourth-order valence-electron chi connectivity index (χ4n) is 3.32. The fraction of sp³-hybridized carbons (Fsp3) is 0.412. The van der Waals surface area contributed by atoms with E-state index < -0.39 is 11.4 Å². The van der Waals surface area contributed by atoms with Crippen LogP contribution in [-0.2, 0) is 6.54 Å². The standard InChI is InChI=1S/C17H21N3O3.ClH/c1-3-19-10-13(17(22)23)16(21)12-4-5-14(11(2)15(12)19)20-8-6-18-7-9-20;/h4-5,10,18H,3,6-9H2,1-2H3,(H,22,23);1H. The van der Waals surface area contributed by atoms with Gasteiger partial charge in [-0.1, -0.05) is 0 Å². The number of carboxylic acids is 1. The molecule has 2 aromatic rings. The summed E-state index contributed by atoms with van der Waals surface area (Å²) in [6, 6.07) is 3.71. The third-order valence-electron chi connectivity index (χ3n) is 4.49. The fourth-order valence-corrected chi connectivity index (χ4v) is 3.32. The number of benzene rings is 1. The molecule has 1 saturated heterocycles. The number of aryl methyl sites for hydroxylation is 2. The molecular weight excluding hydrogens is 330 g/mol. The van der Waals surface area contributed by atoms with Crippen molar-refractivity contribution < 1.29 is 9.90 Å². The van der Waals surface area contributed by atoms with E-state index in [1.165, 1.54) is 6.20 Å². The number of hydrogen-bond acceptors (Lipinski definition) is 4. The van der Waals surface area contributed by atoms with Gasteiger partial charge in [0.2, 0.25) is 5.43 Å². The minimum Gasteiger partial charge on any atom is -0.477 e. The highest BCUT2D eigenvalue weighted by atomic mass is 35.5. The van der Waals surface area contributed by atoms with E-state index in [9.17, 15) is 14.7 Å². The van der Waals surface area contributed by atoms with E-state index in [0.29, 0.717) is 11.9 Å². The number of pyridine rings is 1. The monoisotopic (exact) mass is 351 g/mol. The van der Waals surface area contributed by atoms with Crippen molar-refractivity contribution in [2.75, 3.05) is 31.1 Å². The zero-order chi connectivity index (χ0) is 16.6. The molecule has 1 aromatic heterocycles. The van der Waals surface area contributed by atoms with Crippen LogP contribution in [0.5, 0.6) is 0 Å². The lowest BCUT2D eigenvalue weighted by molar-refractivity contribution is 0.0695. The first-order valence-electron chi connectivity index (χ1n) is 7.90. The van der Waals surface area contributed by atoms with Crippen LogP contribution in [0.3, 0.4) is 0 Å². The van der Waals surface area contributed by atoms with Gasteiger partial charge in [0.25, 0.3) is 0 Å². The molecule has 3 rings (SSSR count). The SMILES string of the molecule is CCn1cc(C(=O)O)c(=O)c2ccc(N3CCNCC3)c(C)c21.Cl. The zero-order valence-electron chi connectivity index (χ0n) is 13.8. The molecule has 0 saturated carbocycles. The number of anilines is 1. The van der Waals surface area contributed by atoms with Crippen LogP contribution in [0.1, 0.15) is 22.8 Å². The average molecular weight is 352 g/mol. The van der Waals surface area contributed by atoms with Crippen molar-refractivity contribution >= 4 is 35.0 Å². The number of halogens is 1. The largest absolute Gasteiger partial charge is 0.477 e. The number of aromatic nitrogens is 1. The second-order valence-electron chi connectivity index (χ2n) is 5.81. The van der Waals surface area contributed by atoms with Gasteiger partial charge in [0.15, 0.2) is 0 Å². The number of carboxylic acid groups (broad SMARTS) is 1. The molecule has 1 aliphatic rings. The van der Waals surface area contributed by atoms with Crippen LogP contribution in [0, 0.1) is 6.92 Å². The Morgan fingerprint density at radius 3 is 2.54 bits per heavy atom. The van der Waals surface area contributed by atoms with Gasteiger partial charge in [-0.25, -0.2) is 4.79 Å². The zero-order valence-corrected chi connectivity index (χ0v) is 14.7. The van der Waals surface area contributed by atoms with Crippen molar-refractivity contribution in [2.24, 2.45) is 0 Å². The summed E-state index contributed by atoms with van der Waals surface area (Å²) in [5.74, 6) is -1.18. The highest BCUT2D eigenvalue weighted by molar-refractivity contribution is 5.95. The lowest BCUT2D eigenvalue weighted by atomic mass is 10.0. The first-order chi connectivity index (χ1) is 11.0. The second-order valence-corrected chi connectivity index (χ2v) is 5.81. The summed E-state index contributed by atoms with van der Waals surface area (Å²) in [5, 5.41) is 13.1. The molecular formula is C17H22ClN3O3. The molecule has 1 fully saturated rings. The Hall–Kier alpha value is -2.05. The van der Waals surface area contributed by atoms with Gasteiger partial charge in [0.05, 0.1) is 5.52 Å². The van der Waals surface area contributed by atoms with Gasteiger partial charge >= 0.3 is 5.97 Å². The van der Waals surface area contributed by atoms with Crippen LogP contribution in [0.25, 0.3) is 10.9 Å². The van der Waals surface area contributed by atoms with Crippen LogP contribution in [-0.4, -0.2) is 41.8 Å². The topological polar surface area (TPSA) is 74.6 Å². The van der Waals surface area contributed by atoms with Gasteiger partial charge in [-0.3, -0.25) is 4.79 Å². The van der Waals surface area contributed by atoms with E-state index in [2.05, 4.69) is 10.2 Å². The lowest BCUT2D eigenvalue weighted by Gasteiger charge is -2.31. The van der Waals surface area contributed by atoms with Crippen molar-refractivity contribution in [1.29, 1.82) is 0 Å². The van der Waals surface area contributed by atoms with Gasteiger partial charge < -0.3 is 19.9 Å². The molecule has 0 bridgehead atoms. The van der Waals surface area contributed by atoms with Crippen LogP contribution >= 0.6 is 12.4 Å². The minimum absolute atomic E-state index is 0. The van der Waals surface area contributed by atoms with Crippen molar-refractivity contribution in [3.63, 3.8) is 0 Å². The minimum atomic E-state index is -1.18. The number of carbonyl (C=O) groups is 1. The first kappa shape index (κ1) is 18.3. The average Bonchev–Trinajstić information content (AvgIpc) is 2.56. The molecule has 0 aliphatic carbocycles. The molecule has 0 radical (unpaired) electrons. The molecule has 2 heterocycles. The van der Waals surface area contributed by atoms with E-state index in [4.69, 9.17) is 0 Å². The molecule has 6 nitrogen and oxygen atoms in total. The maximum atomic E-state index is 12.5. The van der Waals surface area contributed by atoms with Crippen molar-refractivity contribution in [1.82, 2.24) is 9.88 Å². The number of hydrogen-bond donors (Lipinski definition) is 2. The van der Waals surface area contributed by atoms with Gasteiger partial charge in [0, 0.05) is 50.0 Å². The summed E-state index contributed by atoms with van der Waals surface area (Å²) >= 11 is 0. The van der Waals surface area contributed by atoms with Crippen molar-refractivity contribution in [3.05, 3.63) is 39.7 Å². The summed E-state index contributed by atoms with van der Waals surface area (Å²) in [6.07, 6.45) is 1.46. The Balaban J connectivity index is 0.00000208. The van der Waals surface area contributed by atoms with Gasteiger partial charge in [-0.15, -0.1) is 12.4 Å². The molecule has 0 unspecified atom stereocenters. The Morgan fingerprint density at radius 1 is 1.29 bits per heavy atom. The summed E-state index contributed by atoms with van der Waals surface area (Å²) in [4.78, 5) is 26.1. The summed E-state index contributed by atoms with van der Waals surface area (Å²) < 4.78 is 1.86. The second kappa shape index (κ2) is 7.23. The maximum Gasteiger partial charge on any atom is 0.341 e. The number of nitrogens with one attached hydrogen (secondary N) is 1. The number of nitrogens with zero attached hydrogens (tertiary/aromatic N) is 2. The Kier molecular flexibility index (Phi) is 5.51. The number of fused-ring (bicyclic) bond motifs is 1. The van der Waals surface area contributed by atoms with Gasteiger partial charge in [0.1, 0.15) is 5.56 Å². The number of aromatic carboxylic acids is 1. The van der Waals surface area contributed by atoms with Crippen molar-refractivity contribution in [2.45, 2.75) is 20.4 Å². The Labute approximate surface area is 146 Å². The highest BCUT2D eigenvalue weighted by Gasteiger charge is 2.19. The van der Waals surface area contributed by atoms with E-state index in [1.807, 2.05) is 24.5 Å². The smallest absolute Gasteiger partial charge is 0.341 e. The highest BCUT2D eigenvalue weighted by Crippen LogP contribution is 2.27. The normalized spacial score (nSPS) is 14.5. The third kappa shape index (κ3) is 2.99. The molecule has 24 heavy (non-hydrogen) atoms. The van der Waals surface area contributed by atoms with Gasteiger partial charge in [-0.2, -0.15) is 0 Å². The maximum absolute atomic E-state index is 12.5. The van der Waals surface area contributed by atoms with Crippen LogP contribution in [0.2, 0.25) is 0 Å². The van der Waals surface area contributed by atoms with Crippen molar-refractivity contribution in [3.8, 4) is 0 Å². The quantitative estimate of drug-likeness (QED) is 0.883. The third-order valence-corrected chi connectivity index (χ3v) is 4.49. The molecule has 0 spiro atoms. The van der Waals surface area contributed by atoms with E-state index in [0.717, 1.165) is 42.9 Å². The Morgan fingerprint density at radius 2 is 1.96 bits per heavy atom. The molecule has 1 aromatic carbocycles. The molecule has 0 atom stereocenters. The van der Waals surface area contributed by atoms with E-state index >= 15 is 0 Å². The van der Waals surface area contributed by atoms with Crippen LogP contribution in [0.4, 0.5) is 5.69 Å². The molecule has 7 heteroatoms. The predicted molar refractivity (Wildman–Crippen MR) is 97.9 cm³/mol. The molecule has 0 amide bonds. The lowest BCUT2D eigenvalue weighted by Crippen LogP contribution is -2.43. The van der Waals surface area contributed by atoms with E-state index in [1.54, 1.807) is 6.07 Å². The summed E-state index contributed by atoms with van der Waals surface area (Å²) in [5.41, 5.74) is 2.39. The first-order valence-corrected chi connectivity index (χ1v) is 7.90. The molecule has 1 aliphatic heterocycles. The summed E-state index contributed by atoms with van der Waals surface area (Å²) in [6.45, 7) is 8.30.